The largest absolute Gasteiger partial charge is 0.372 e. The molecule has 1 amide bonds. The molecule has 4 heteroatoms. The minimum atomic E-state index is -0.0792. The molecule has 0 aliphatic carbocycles. The van der Waals surface area contributed by atoms with Gasteiger partial charge in [-0.25, -0.2) is 0 Å². The number of fused-ring (bicyclic) bond motifs is 1. The van der Waals surface area contributed by atoms with E-state index < -0.39 is 0 Å². The van der Waals surface area contributed by atoms with Crippen LogP contribution in [0.2, 0.25) is 0 Å². The number of rotatable bonds is 3. The predicted molar refractivity (Wildman–Crippen MR) is 103 cm³/mol. The van der Waals surface area contributed by atoms with Gasteiger partial charge in [0.1, 0.15) is 5.69 Å². The van der Waals surface area contributed by atoms with Gasteiger partial charge in [-0.15, -0.1) is 0 Å². The molecule has 1 aromatic heterocycles. The molecule has 3 aromatic rings. The standard InChI is InChI=1S/C21H23N3O/c1-23-19-8-4-3-7-16(19)15-20(23)21(25)22-17-9-11-18(12-10-17)24-13-5-2-6-14-24/h3-4,7-12,15H,2,5-6,13-14H2,1H3,(H,22,25). The Bertz CT molecular complexity index is 889. The highest BCUT2D eigenvalue weighted by molar-refractivity contribution is 6.06. The molecule has 0 radical (unpaired) electrons. The van der Waals surface area contributed by atoms with Crippen LogP contribution in [0.15, 0.2) is 54.6 Å². The van der Waals surface area contributed by atoms with Gasteiger partial charge in [-0.1, -0.05) is 18.2 Å². The number of amides is 1. The van der Waals surface area contributed by atoms with Crippen molar-refractivity contribution in [3.05, 3.63) is 60.3 Å². The highest BCUT2D eigenvalue weighted by Crippen LogP contribution is 2.23. The zero-order chi connectivity index (χ0) is 17.2. The number of benzene rings is 2. The first-order valence-corrected chi connectivity index (χ1v) is 8.93. The summed E-state index contributed by atoms with van der Waals surface area (Å²) in [5, 5.41) is 4.09. The van der Waals surface area contributed by atoms with Gasteiger partial charge in [0.25, 0.3) is 5.91 Å². The van der Waals surface area contributed by atoms with Gasteiger partial charge in [0.15, 0.2) is 0 Å². The molecule has 1 saturated heterocycles. The molecular formula is C21H23N3O. The second-order valence-corrected chi connectivity index (χ2v) is 6.70. The molecule has 128 valence electrons. The van der Waals surface area contributed by atoms with Gasteiger partial charge in [0.2, 0.25) is 0 Å². The van der Waals surface area contributed by atoms with Crippen molar-refractivity contribution in [2.75, 3.05) is 23.3 Å². The summed E-state index contributed by atoms with van der Waals surface area (Å²) >= 11 is 0. The second-order valence-electron chi connectivity index (χ2n) is 6.70. The number of piperidine rings is 1. The van der Waals surface area contributed by atoms with E-state index in [1.54, 1.807) is 0 Å². The van der Waals surface area contributed by atoms with Crippen LogP contribution in [-0.4, -0.2) is 23.6 Å². The molecule has 0 saturated carbocycles. The SMILES string of the molecule is Cn1c(C(=O)Nc2ccc(N3CCCCC3)cc2)cc2ccccc21. The van der Waals surface area contributed by atoms with Gasteiger partial charge >= 0.3 is 0 Å². The van der Waals surface area contributed by atoms with Crippen molar-refractivity contribution in [2.45, 2.75) is 19.3 Å². The first-order chi connectivity index (χ1) is 12.2. The van der Waals surface area contributed by atoms with E-state index in [1.807, 2.05) is 54.1 Å². The smallest absolute Gasteiger partial charge is 0.272 e. The van der Waals surface area contributed by atoms with Crippen molar-refractivity contribution in [3.8, 4) is 0 Å². The maximum atomic E-state index is 12.6. The number of aryl methyl sites for hydroxylation is 1. The number of aromatic nitrogens is 1. The van der Waals surface area contributed by atoms with Crippen LogP contribution in [0, 0.1) is 0 Å². The molecule has 2 aromatic carbocycles. The summed E-state index contributed by atoms with van der Waals surface area (Å²) in [5.74, 6) is -0.0792. The van der Waals surface area contributed by atoms with Crippen LogP contribution in [-0.2, 0) is 7.05 Å². The monoisotopic (exact) mass is 333 g/mol. The summed E-state index contributed by atoms with van der Waals surface area (Å²) in [6, 6.07) is 18.2. The summed E-state index contributed by atoms with van der Waals surface area (Å²) in [5.41, 5.74) is 3.80. The van der Waals surface area contributed by atoms with E-state index in [9.17, 15) is 4.79 Å². The second kappa shape index (κ2) is 6.63. The number of carbonyl (C=O) groups is 1. The number of para-hydroxylation sites is 1. The average Bonchev–Trinajstić information content (AvgIpc) is 3.00. The van der Waals surface area contributed by atoms with Crippen molar-refractivity contribution in [1.82, 2.24) is 4.57 Å². The van der Waals surface area contributed by atoms with Crippen LogP contribution >= 0.6 is 0 Å². The minimum absolute atomic E-state index is 0.0792. The molecule has 4 rings (SSSR count). The third-order valence-corrected chi connectivity index (χ3v) is 5.03. The number of anilines is 2. The number of carbonyl (C=O) groups excluding carboxylic acids is 1. The summed E-state index contributed by atoms with van der Waals surface area (Å²) in [4.78, 5) is 15.1. The van der Waals surface area contributed by atoms with Crippen LogP contribution in [0.5, 0.6) is 0 Å². The van der Waals surface area contributed by atoms with Gasteiger partial charge in [-0.2, -0.15) is 0 Å². The van der Waals surface area contributed by atoms with Gasteiger partial charge < -0.3 is 14.8 Å². The Hall–Kier alpha value is -2.75. The molecule has 0 atom stereocenters. The Balaban J connectivity index is 1.51. The number of nitrogens with zero attached hydrogens (tertiary/aromatic N) is 2. The van der Waals surface area contributed by atoms with Crippen LogP contribution in [0.25, 0.3) is 10.9 Å². The molecule has 0 bridgehead atoms. The van der Waals surface area contributed by atoms with Gasteiger partial charge in [0.05, 0.1) is 0 Å². The lowest BCUT2D eigenvalue weighted by Gasteiger charge is -2.28. The normalized spacial score (nSPS) is 14.7. The lowest BCUT2D eigenvalue weighted by atomic mass is 10.1. The third-order valence-electron chi connectivity index (χ3n) is 5.03. The Morgan fingerprint density at radius 2 is 1.68 bits per heavy atom. The van der Waals surface area contributed by atoms with E-state index >= 15 is 0 Å². The maximum absolute atomic E-state index is 12.6. The average molecular weight is 333 g/mol. The summed E-state index contributed by atoms with van der Waals surface area (Å²) < 4.78 is 1.94. The van der Waals surface area contributed by atoms with Gasteiger partial charge in [-0.3, -0.25) is 4.79 Å². The lowest BCUT2D eigenvalue weighted by molar-refractivity contribution is 0.102. The fraction of sp³-hybridized carbons (Fsp3) is 0.286. The molecule has 1 N–H and O–H groups in total. The lowest BCUT2D eigenvalue weighted by Crippen LogP contribution is -2.29. The third kappa shape index (κ3) is 3.12. The van der Waals surface area contributed by atoms with E-state index in [1.165, 1.54) is 24.9 Å². The molecule has 25 heavy (non-hydrogen) atoms. The Labute approximate surface area is 148 Å². The molecule has 1 aliphatic heterocycles. The minimum Gasteiger partial charge on any atom is -0.372 e. The van der Waals surface area contributed by atoms with Crippen LogP contribution in [0.3, 0.4) is 0 Å². The molecule has 1 aliphatic rings. The van der Waals surface area contributed by atoms with E-state index in [0.717, 1.165) is 29.7 Å². The van der Waals surface area contributed by atoms with Crippen molar-refractivity contribution in [1.29, 1.82) is 0 Å². The highest BCUT2D eigenvalue weighted by Gasteiger charge is 2.14. The van der Waals surface area contributed by atoms with Crippen molar-refractivity contribution in [3.63, 3.8) is 0 Å². The maximum Gasteiger partial charge on any atom is 0.272 e. The molecule has 0 unspecified atom stereocenters. The Morgan fingerprint density at radius 1 is 0.960 bits per heavy atom. The topological polar surface area (TPSA) is 37.3 Å². The zero-order valence-electron chi connectivity index (χ0n) is 14.5. The van der Waals surface area contributed by atoms with E-state index in [0.29, 0.717) is 5.69 Å². The van der Waals surface area contributed by atoms with E-state index in [4.69, 9.17) is 0 Å². The fourth-order valence-electron chi connectivity index (χ4n) is 3.61. The zero-order valence-corrected chi connectivity index (χ0v) is 14.5. The molecule has 2 heterocycles. The van der Waals surface area contributed by atoms with E-state index in [-0.39, 0.29) is 5.91 Å². The predicted octanol–water partition coefficient (Wildman–Crippen LogP) is 4.42. The number of hydrogen-bond acceptors (Lipinski definition) is 2. The van der Waals surface area contributed by atoms with Gasteiger partial charge in [0, 0.05) is 42.4 Å². The van der Waals surface area contributed by atoms with Crippen LogP contribution < -0.4 is 10.2 Å². The molecule has 4 nitrogen and oxygen atoms in total. The quantitative estimate of drug-likeness (QED) is 0.770. The molecule has 0 spiro atoms. The first kappa shape index (κ1) is 15.8. The highest BCUT2D eigenvalue weighted by atomic mass is 16.1. The summed E-state index contributed by atoms with van der Waals surface area (Å²) in [6.45, 7) is 2.25. The van der Waals surface area contributed by atoms with Crippen molar-refractivity contribution >= 4 is 28.2 Å². The van der Waals surface area contributed by atoms with Crippen LogP contribution in [0.1, 0.15) is 29.8 Å². The number of hydrogen-bond donors (Lipinski definition) is 1. The first-order valence-electron chi connectivity index (χ1n) is 8.93. The van der Waals surface area contributed by atoms with Crippen molar-refractivity contribution in [2.24, 2.45) is 7.05 Å². The summed E-state index contributed by atoms with van der Waals surface area (Å²) in [7, 11) is 1.93. The number of nitrogens with one attached hydrogen (secondary N) is 1. The van der Waals surface area contributed by atoms with Crippen LogP contribution in [0.4, 0.5) is 11.4 Å². The Kier molecular flexibility index (Phi) is 4.18. The van der Waals surface area contributed by atoms with E-state index in [2.05, 4.69) is 22.3 Å². The molecule has 1 fully saturated rings. The Morgan fingerprint density at radius 3 is 2.40 bits per heavy atom. The molecular weight excluding hydrogens is 310 g/mol. The summed E-state index contributed by atoms with van der Waals surface area (Å²) in [6.07, 6.45) is 3.86. The van der Waals surface area contributed by atoms with Gasteiger partial charge in [-0.05, 0) is 55.7 Å². The fourth-order valence-corrected chi connectivity index (χ4v) is 3.61. The van der Waals surface area contributed by atoms with Crippen molar-refractivity contribution < 1.29 is 4.79 Å².